The molecule has 1 rings (SSSR count). The highest BCUT2D eigenvalue weighted by molar-refractivity contribution is 9.10. The lowest BCUT2D eigenvalue weighted by Gasteiger charge is -2.19. The number of halogens is 2. The number of nitrogens with zero attached hydrogens (tertiary/aromatic N) is 3. The molecule has 0 aromatic heterocycles. The number of hydrogen-bond acceptors (Lipinski definition) is 4. The molecule has 22 heavy (non-hydrogen) atoms. The third-order valence-electron chi connectivity index (χ3n) is 2.15. The van der Waals surface area contributed by atoms with E-state index in [4.69, 9.17) is 10.3 Å². The molecular weight excluding hydrogens is 377 g/mol. The van der Waals surface area contributed by atoms with Gasteiger partial charge in [0.1, 0.15) is 11.4 Å². The Kier molecular flexibility index (Phi) is 6.40. The summed E-state index contributed by atoms with van der Waals surface area (Å²) < 4.78 is 19.2. The quantitative estimate of drug-likeness (QED) is 0.249. The summed E-state index contributed by atoms with van der Waals surface area (Å²) in [7, 11) is 0. The van der Waals surface area contributed by atoms with E-state index in [1.165, 1.54) is 6.07 Å². The number of rotatable bonds is 4. The predicted octanol–water partition coefficient (Wildman–Crippen LogP) is 4.47. The van der Waals surface area contributed by atoms with E-state index in [1.54, 1.807) is 20.8 Å². The summed E-state index contributed by atoms with van der Waals surface area (Å²) in [5, 5.41) is 2.86. The summed E-state index contributed by atoms with van der Waals surface area (Å²) in [5.74, 6) is -2.27. The van der Waals surface area contributed by atoms with Crippen molar-refractivity contribution in [2.45, 2.75) is 31.3 Å². The monoisotopic (exact) mass is 389 g/mol. The van der Waals surface area contributed by atoms with Gasteiger partial charge in [-0.15, -0.1) is 11.8 Å². The van der Waals surface area contributed by atoms with Crippen molar-refractivity contribution in [1.29, 1.82) is 0 Å². The minimum atomic E-state index is -1.02. The molecule has 9 heteroatoms. The van der Waals surface area contributed by atoms with Crippen molar-refractivity contribution >= 4 is 39.6 Å². The van der Waals surface area contributed by atoms with Crippen LogP contribution in [0.1, 0.15) is 31.1 Å². The lowest BCUT2D eigenvalue weighted by molar-refractivity contribution is -0.151. The zero-order valence-electron chi connectivity index (χ0n) is 12.1. The Labute approximate surface area is 139 Å². The number of thioether (sulfide) groups is 1. The molecule has 0 saturated carbocycles. The zero-order chi connectivity index (χ0) is 16.9. The molecule has 6 nitrogen and oxygen atoms in total. The highest BCUT2D eigenvalue weighted by Gasteiger charge is 2.18. The minimum absolute atomic E-state index is 0.00332. The second-order valence-electron chi connectivity index (χ2n) is 5.13. The molecule has 0 fully saturated rings. The van der Waals surface area contributed by atoms with Crippen molar-refractivity contribution in [2.24, 2.45) is 5.11 Å². The molecule has 0 aliphatic rings. The molecule has 0 heterocycles. The summed E-state index contributed by atoms with van der Waals surface area (Å²) >= 11 is 4.23. The van der Waals surface area contributed by atoms with Gasteiger partial charge < -0.3 is 4.74 Å². The molecule has 0 N–H and O–H groups in total. The maximum Gasteiger partial charge on any atom is 0.316 e. The van der Waals surface area contributed by atoms with Crippen LogP contribution < -0.4 is 0 Å². The number of azide groups is 1. The average molecular weight is 390 g/mol. The van der Waals surface area contributed by atoms with Gasteiger partial charge in [-0.3, -0.25) is 9.59 Å². The third-order valence-corrected chi connectivity index (χ3v) is 4.10. The van der Waals surface area contributed by atoms with Crippen LogP contribution in [-0.2, 0) is 9.53 Å². The number of amides is 1. The molecular formula is C13H13BrFN3O3S. The largest absolute Gasteiger partial charge is 0.459 e. The second kappa shape index (κ2) is 7.62. The third kappa shape index (κ3) is 5.67. The SMILES string of the molecule is CC(C)(C)OC(=O)CSc1cc(C(=O)N=[N+]=[N-])c(F)cc1Br. The fraction of sp³-hybridized carbons (Fsp3) is 0.385. The molecule has 0 radical (unpaired) electrons. The topological polar surface area (TPSA) is 92.1 Å². The molecule has 1 amide bonds. The van der Waals surface area contributed by atoms with Crippen LogP contribution in [0, 0.1) is 5.82 Å². The van der Waals surface area contributed by atoms with Gasteiger partial charge >= 0.3 is 5.97 Å². The smallest absolute Gasteiger partial charge is 0.316 e. The number of ether oxygens (including phenoxy) is 1. The Balaban J connectivity index is 2.91. The fourth-order valence-electron chi connectivity index (χ4n) is 1.41. The van der Waals surface area contributed by atoms with Gasteiger partial charge in [-0.25, -0.2) is 4.39 Å². The number of carbonyl (C=O) groups is 2. The molecule has 118 valence electrons. The van der Waals surface area contributed by atoms with Crippen molar-refractivity contribution < 1.29 is 18.7 Å². The summed E-state index contributed by atoms with van der Waals surface area (Å²) in [5.41, 5.74) is 7.29. The van der Waals surface area contributed by atoms with Crippen LogP contribution in [-0.4, -0.2) is 23.2 Å². The van der Waals surface area contributed by atoms with Gasteiger partial charge in [-0.05, 0) is 59.5 Å². The highest BCUT2D eigenvalue weighted by Crippen LogP contribution is 2.31. The van der Waals surface area contributed by atoms with E-state index in [0.29, 0.717) is 9.37 Å². The van der Waals surface area contributed by atoms with Crippen molar-refractivity contribution in [3.63, 3.8) is 0 Å². The van der Waals surface area contributed by atoms with E-state index in [9.17, 15) is 14.0 Å². The van der Waals surface area contributed by atoms with E-state index in [1.807, 2.05) is 0 Å². The molecule has 0 saturated heterocycles. The molecule has 0 spiro atoms. The second-order valence-corrected chi connectivity index (χ2v) is 7.00. The van der Waals surface area contributed by atoms with Gasteiger partial charge in [0.25, 0.3) is 5.91 Å². The Morgan fingerprint density at radius 1 is 1.45 bits per heavy atom. The maximum atomic E-state index is 13.7. The van der Waals surface area contributed by atoms with Crippen LogP contribution in [0.15, 0.2) is 26.6 Å². The van der Waals surface area contributed by atoms with Crippen molar-refractivity contribution in [3.05, 3.63) is 38.4 Å². The molecule has 1 aromatic carbocycles. The van der Waals surface area contributed by atoms with Gasteiger partial charge in [0.15, 0.2) is 0 Å². The van der Waals surface area contributed by atoms with Crippen molar-refractivity contribution in [1.82, 2.24) is 0 Å². The van der Waals surface area contributed by atoms with Crippen LogP contribution in [0.5, 0.6) is 0 Å². The van der Waals surface area contributed by atoms with E-state index in [0.717, 1.165) is 17.8 Å². The van der Waals surface area contributed by atoms with E-state index in [-0.39, 0.29) is 11.3 Å². The summed E-state index contributed by atoms with van der Waals surface area (Å²) in [6.45, 7) is 5.25. The van der Waals surface area contributed by atoms with Gasteiger partial charge in [0.2, 0.25) is 0 Å². The summed E-state index contributed by atoms with van der Waals surface area (Å²) in [6.07, 6.45) is 0. The molecule has 0 aliphatic carbocycles. The van der Waals surface area contributed by atoms with E-state index < -0.39 is 23.3 Å². The Morgan fingerprint density at radius 2 is 2.09 bits per heavy atom. The lowest BCUT2D eigenvalue weighted by atomic mass is 10.2. The first kappa shape index (κ1) is 18.5. The van der Waals surface area contributed by atoms with Gasteiger partial charge in [-0.1, -0.05) is 0 Å². The first-order valence-corrected chi connectivity index (χ1v) is 7.85. The number of esters is 1. The van der Waals surface area contributed by atoms with Crippen LogP contribution in [0.25, 0.3) is 10.4 Å². The van der Waals surface area contributed by atoms with Crippen molar-refractivity contribution in [3.8, 4) is 0 Å². The number of hydrogen-bond donors (Lipinski definition) is 0. The minimum Gasteiger partial charge on any atom is -0.459 e. The van der Waals surface area contributed by atoms with Crippen LogP contribution >= 0.6 is 27.7 Å². The van der Waals surface area contributed by atoms with Gasteiger partial charge in [0.05, 0.1) is 11.3 Å². The molecule has 0 unspecified atom stereocenters. The number of carbonyl (C=O) groups excluding carboxylic acids is 2. The molecule has 1 aromatic rings. The Bertz CT molecular complexity index is 655. The normalized spacial score (nSPS) is 10.8. The highest BCUT2D eigenvalue weighted by atomic mass is 79.9. The molecule has 0 bridgehead atoms. The van der Waals surface area contributed by atoms with Crippen LogP contribution in [0.4, 0.5) is 4.39 Å². The van der Waals surface area contributed by atoms with E-state index >= 15 is 0 Å². The van der Waals surface area contributed by atoms with Gasteiger partial charge in [0, 0.05) is 14.3 Å². The average Bonchev–Trinajstić information content (AvgIpc) is 2.35. The maximum absolute atomic E-state index is 13.7. The first-order valence-electron chi connectivity index (χ1n) is 6.07. The molecule has 0 atom stereocenters. The molecule has 0 aliphatic heterocycles. The van der Waals surface area contributed by atoms with Crippen LogP contribution in [0.3, 0.4) is 0 Å². The fourth-order valence-corrected chi connectivity index (χ4v) is 2.79. The Morgan fingerprint density at radius 3 is 2.64 bits per heavy atom. The standard InChI is InChI=1S/C13H13BrFN3O3S/c1-13(2,3)21-11(19)6-22-10-4-7(12(20)17-18-16)9(15)5-8(10)14/h4-5H,6H2,1-3H3. The Hall–Kier alpha value is -1.57. The lowest BCUT2D eigenvalue weighted by Crippen LogP contribution is -2.24. The predicted molar refractivity (Wildman–Crippen MR) is 84.1 cm³/mol. The summed E-state index contributed by atoms with van der Waals surface area (Å²) in [6, 6.07) is 2.31. The van der Waals surface area contributed by atoms with Crippen molar-refractivity contribution in [2.75, 3.05) is 5.75 Å². The van der Waals surface area contributed by atoms with Gasteiger partial charge in [-0.2, -0.15) is 0 Å². The van der Waals surface area contributed by atoms with Crippen LogP contribution in [0.2, 0.25) is 0 Å². The first-order chi connectivity index (χ1) is 10.1. The summed E-state index contributed by atoms with van der Waals surface area (Å²) in [4.78, 5) is 25.9. The number of benzene rings is 1. The zero-order valence-corrected chi connectivity index (χ0v) is 14.5. The van der Waals surface area contributed by atoms with E-state index in [2.05, 4.69) is 26.0 Å².